The average molecular weight is 397 g/mol. The van der Waals surface area contributed by atoms with Crippen molar-refractivity contribution in [2.24, 2.45) is 0 Å². The Kier molecular flexibility index (Phi) is 5.92. The smallest absolute Gasteiger partial charge is 0.268 e. The van der Waals surface area contributed by atoms with Crippen molar-refractivity contribution in [3.05, 3.63) is 48.2 Å². The lowest BCUT2D eigenvalue weighted by Crippen LogP contribution is -2.41. The Morgan fingerprint density at radius 3 is 2.48 bits per heavy atom. The van der Waals surface area contributed by atoms with E-state index in [1.165, 1.54) is 7.11 Å². The van der Waals surface area contributed by atoms with Gasteiger partial charge in [0.15, 0.2) is 11.5 Å². The lowest BCUT2D eigenvalue weighted by Gasteiger charge is -2.14. The number of benzene rings is 2. The third kappa shape index (κ3) is 4.26. The maximum absolute atomic E-state index is 12.6. The van der Waals surface area contributed by atoms with Crippen LogP contribution < -0.4 is 24.8 Å². The number of carbonyl (C=O) groups is 2. The van der Waals surface area contributed by atoms with Crippen molar-refractivity contribution < 1.29 is 23.8 Å². The second-order valence-corrected chi connectivity index (χ2v) is 6.36. The van der Waals surface area contributed by atoms with Crippen LogP contribution in [-0.2, 0) is 4.79 Å². The number of nitrogens with one attached hydrogen (secondary N) is 3. The van der Waals surface area contributed by atoms with Gasteiger partial charge in [-0.25, -0.2) is 0 Å². The quantitative estimate of drug-likeness (QED) is 0.569. The molecule has 0 bridgehead atoms. The van der Waals surface area contributed by atoms with Crippen molar-refractivity contribution in [2.75, 3.05) is 26.6 Å². The zero-order chi connectivity index (χ0) is 21.0. The Labute approximate surface area is 168 Å². The van der Waals surface area contributed by atoms with Crippen molar-refractivity contribution in [3.63, 3.8) is 0 Å². The first kappa shape index (κ1) is 20.1. The highest BCUT2D eigenvalue weighted by Crippen LogP contribution is 2.35. The maximum Gasteiger partial charge on any atom is 0.268 e. The first-order valence-corrected chi connectivity index (χ1v) is 8.96. The third-order valence-corrected chi connectivity index (χ3v) is 4.46. The average Bonchev–Trinajstić information content (AvgIpc) is 3.17. The van der Waals surface area contributed by atoms with E-state index in [0.717, 1.165) is 5.52 Å². The molecule has 0 saturated heterocycles. The van der Waals surface area contributed by atoms with E-state index < -0.39 is 11.9 Å². The minimum Gasteiger partial charge on any atom is -0.497 e. The number of anilines is 1. The first-order chi connectivity index (χ1) is 14.0. The number of ether oxygens (including phenoxy) is 3. The molecule has 0 radical (unpaired) electrons. The molecule has 1 heterocycles. The molecular weight excluding hydrogens is 374 g/mol. The van der Waals surface area contributed by atoms with Crippen molar-refractivity contribution in [2.45, 2.75) is 13.0 Å². The molecule has 3 N–H and O–H groups in total. The lowest BCUT2D eigenvalue weighted by molar-refractivity contribution is -0.117. The number of methoxy groups -OCH3 is 3. The second-order valence-electron chi connectivity index (χ2n) is 6.36. The third-order valence-electron chi connectivity index (χ3n) is 4.46. The van der Waals surface area contributed by atoms with E-state index >= 15 is 0 Å². The van der Waals surface area contributed by atoms with Gasteiger partial charge in [-0.05, 0) is 37.3 Å². The summed E-state index contributed by atoms with van der Waals surface area (Å²) in [6, 6.07) is 11.4. The normalized spacial score (nSPS) is 11.6. The predicted molar refractivity (Wildman–Crippen MR) is 110 cm³/mol. The molecule has 2 aromatic carbocycles. The molecule has 8 nitrogen and oxygen atoms in total. The van der Waals surface area contributed by atoms with E-state index in [4.69, 9.17) is 14.2 Å². The fraction of sp³-hybridized carbons (Fsp3) is 0.238. The SMILES string of the molecule is COc1cccc(NC(=O)[C@@H](C)NC(=O)c2cc3c(OC)c(OC)ccc3[nH]2)c1. The van der Waals surface area contributed by atoms with Crippen molar-refractivity contribution in [1.82, 2.24) is 10.3 Å². The molecule has 3 rings (SSSR count). The molecule has 0 saturated carbocycles. The Morgan fingerprint density at radius 1 is 1.00 bits per heavy atom. The summed E-state index contributed by atoms with van der Waals surface area (Å²) in [7, 11) is 4.64. The number of aromatic nitrogens is 1. The number of amides is 2. The van der Waals surface area contributed by atoms with Crippen LogP contribution in [0.4, 0.5) is 5.69 Å². The van der Waals surface area contributed by atoms with Crippen LogP contribution in [0.15, 0.2) is 42.5 Å². The van der Waals surface area contributed by atoms with Crippen LogP contribution in [0.2, 0.25) is 0 Å². The minimum atomic E-state index is -0.753. The summed E-state index contributed by atoms with van der Waals surface area (Å²) in [5.74, 6) is 0.973. The molecule has 0 fully saturated rings. The van der Waals surface area contributed by atoms with E-state index in [1.807, 2.05) is 0 Å². The van der Waals surface area contributed by atoms with Crippen LogP contribution in [0.3, 0.4) is 0 Å². The molecule has 1 atom stereocenters. The predicted octanol–water partition coefficient (Wildman–Crippen LogP) is 2.95. The van der Waals surface area contributed by atoms with Gasteiger partial charge in [-0.2, -0.15) is 0 Å². The van der Waals surface area contributed by atoms with Gasteiger partial charge in [0.05, 0.1) is 26.8 Å². The molecule has 8 heteroatoms. The second kappa shape index (κ2) is 8.55. The van der Waals surface area contributed by atoms with Gasteiger partial charge in [-0.15, -0.1) is 0 Å². The maximum atomic E-state index is 12.6. The molecular formula is C21H23N3O5. The van der Waals surface area contributed by atoms with Gasteiger partial charge in [0.25, 0.3) is 5.91 Å². The summed E-state index contributed by atoms with van der Waals surface area (Å²) in [5.41, 5.74) is 1.62. The molecule has 29 heavy (non-hydrogen) atoms. The van der Waals surface area contributed by atoms with E-state index in [0.29, 0.717) is 34.0 Å². The zero-order valence-corrected chi connectivity index (χ0v) is 16.7. The lowest BCUT2D eigenvalue weighted by atomic mass is 10.2. The van der Waals surface area contributed by atoms with Gasteiger partial charge in [0.1, 0.15) is 17.5 Å². The van der Waals surface area contributed by atoms with Crippen molar-refractivity contribution in [3.8, 4) is 17.2 Å². The van der Waals surface area contributed by atoms with Crippen LogP contribution >= 0.6 is 0 Å². The highest BCUT2D eigenvalue weighted by atomic mass is 16.5. The van der Waals surface area contributed by atoms with Crippen LogP contribution in [0.25, 0.3) is 10.9 Å². The number of hydrogen-bond acceptors (Lipinski definition) is 5. The van der Waals surface area contributed by atoms with Gasteiger partial charge < -0.3 is 29.8 Å². The van der Waals surface area contributed by atoms with Crippen LogP contribution in [0, 0.1) is 0 Å². The van der Waals surface area contributed by atoms with E-state index in [-0.39, 0.29) is 5.91 Å². The molecule has 2 amide bonds. The van der Waals surface area contributed by atoms with Gasteiger partial charge in [-0.3, -0.25) is 9.59 Å². The fourth-order valence-corrected chi connectivity index (χ4v) is 2.94. The Hall–Kier alpha value is -3.68. The van der Waals surface area contributed by atoms with Crippen LogP contribution in [0.1, 0.15) is 17.4 Å². The number of aromatic amines is 1. The number of fused-ring (bicyclic) bond motifs is 1. The molecule has 1 aromatic heterocycles. The number of H-pyrrole nitrogens is 1. The Bertz CT molecular complexity index is 1040. The summed E-state index contributed by atoms with van der Waals surface area (Å²) < 4.78 is 15.8. The topological polar surface area (TPSA) is 102 Å². The van der Waals surface area contributed by atoms with Gasteiger partial charge in [0.2, 0.25) is 5.91 Å². The highest BCUT2D eigenvalue weighted by molar-refractivity contribution is 6.03. The molecule has 0 aliphatic carbocycles. The molecule has 3 aromatic rings. The minimum absolute atomic E-state index is 0.313. The monoisotopic (exact) mass is 397 g/mol. The van der Waals surface area contributed by atoms with Crippen molar-refractivity contribution >= 4 is 28.4 Å². The largest absolute Gasteiger partial charge is 0.497 e. The van der Waals surface area contributed by atoms with E-state index in [2.05, 4.69) is 15.6 Å². The van der Waals surface area contributed by atoms with Crippen LogP contribution in [-0.4, -0.2) is 44.2 Å². The molecule has 0 aliphatic rings. The molecule has 0 aliphatic heterocycles. The summed E-state index contributed by atoms with van der Waals surface area (Å²) in [4.78, 5) is 28.1. The number of carbonyl (C=O) groups excluding carboxylic acids is 2. The number of rotatable bonds is 7. The van der Waals surface area contributed by atoms with E-state index in [1.54, 1.807) is 63.6 Å². The standard InChI is InChI=1S/C21H23N3O5/c1-12(20(25)23-13-6-5-7-14(10-13)27-2)22-21(26)17-11-15-16(24-17)8-9-18(28-3)19(15)29-4/h5-12,24H,1-4H3,(H,22,26)(H,23,25)/t12-/m1/s1. The zero-order valence-electron chi connectivity index (χ0n) is 16.7. The van der Waals surface area contributed by atoms with Crippen LogP contribution in [0.5, 0.6) is 17.2 Å². The Morgan fingerprint density at radius 2 is 1.79 bits per heavy atom. The van der Waals surface area contributed by atoms with Crippen molar-refractivity contribution in [1.29, 1.82) is 0 Å². The Balaban J connectivity index is 1.72. The highest BCUT2D eigenvalue weighted by Gasteiger charge is 2.20. The summed E-state index contributed by atoms with van der Waals surface area (Å²) in [6.45, 7) is 1.61. The molecule has 0 unspecified atom stereocenters. The fourth-order valence-electron chi connectivity index (χ4n) is 2.94. The summed E-state index contributed by atoms with van der Waals surface area (Å²) in [5, 5.41) is 6.15. The van der Waals surface area contributed by atoms with Gasteiger partial charge in [-0.1, -0.05) is 6.07 Å². The summed E-state index contributed by atoms with van der Waals surface area (Å²) >= 11 is 0. The summed E-state index contributed by atoms with van der Waals surface area (Å²) in [6.07, 6.45) is 0. The molecule has 0 spiro atoms. The van der Waals surface area contributed by atoms with Gasteiger partial charge >= 0.3 is 0 Å². The number of hydrogen-bond donors (Lipinski definition) is 3. The first-order valence-electron chi connectivity index (χ1n) is 8.96. The molecule has 152 valence electrons. The van der Waals surface area contributed by atoms with Gasteiger partial charge in [0, 0.05) is 17.1 Å². The van der Waals surface area contributed by atoms with E-state index in [9.17, 15) is 9.59 Å².